The van der Waals surface area contributed by atoms with Crippen molar-refractivity contribution < 1.29 is 46.4 Å². The molecule has 2 atom stereocenters. The second-order valence-electron chi connectivity index (χ2n) is 10.2. The summed E-state index contributed by atoms with van der Waals surface area (Å²) in [4.78, 5) is 47.1. The predicted octanol–water partition coefficient (Wildman–Crippen LogP) is 3.66. The average Bonchev–Trinajstić information content (AvgIpc) is 3.71. The number of amides is 1. The second-order valence-corrected chi connectivity index (χ2v) is 12.4. The van der Waals surface area contributed by atoms with Crippen LogP contribution in [-0.4, -0.2) is 60.1 Å². The van der Waals surface area contributed by atoms with Gasteiger partial charge in [0.05, 0.1) is 29.1 Å². The molecule has 1 aliphatic carbocycles. The summed E-state index contributed by atoms with van der Waals surface area (Å²) in [6.07, 6.45) is 2.41. The number of fused-ring (bicyclic) bond motifs is 1. The number of hydrogen-bond acceptors (Lipinski definition) is 9. The van der Waals surface area contributed by atoms with Crippen LogP contribution in [0.1, 0.15) is 65.7 Å². The summed E-state index contributed by atoms with van der Waals surface area (Å²) < 4.78 is 51.2. The molecule has 1 aliphatic rings. The van der Waals surface area contributed by atoms with Crippen molar-refractivity contribution >= 4 is 42.1 Å². The van der Waals surface area contributed by atoms with Gasteiger partial charge in [0.15, 0.2) is 0 Å². The highest BCUT2D eigenvalue weighted by molar-refractivity contribution is 7.76. The smallest absolute Gasteiger partial charge is 0.472 e. The van der Waals surface area contributed by atoms with E-state index in [1.807, 2.05) is 37.3 Å². The molecule has 4 rings (SSSR count). The molecular weight excluding hydrogens is 589 g/mol. The number of phosphoric acid groups is 1. The Balaban J connectivity index is 1.54. The van der Waals surface area contributed by atoms with Gasteiger partial charge in [0.2, 0.25) is 12.5 Å². The van der Waals surface area contributed by atoms with Gasteiger partial charge in [-0.1, -0.05) is 36.8 Å². The first-order valence-electron chi connectivity index (χ1n) is 13.3. The maximum atomic E-state index is 13.0. The molecule has 13 nitrogen and oxygen atoms in total. The molecule has 0 bridgehead atoms. The van der Waals surface area contributed by atoms with E-state index >= 15 is 0 Å². The highest BCUT2D eigenvalue weighted by Gasteiger charge is 2.31. The lowest BCUT2D eigenvalue weighted by Crippen LogP contribution is -2.28. The van der Waals surface area contributed by atoms with Crippen LogP contribution in [0.4, 0.5) is 0 Å². The zero-order valence-electron chi connectivity index (χ0n) is 23.4. The maximum Gasteiger partial charge on any atom is 0.472 e. The summed E-state index contributed by atoms with van der Waals surface area (Å²) in [7, 11) is -3.22. The number of phosphoric ester groups is 1. The summed E-state index contributed by atoms with van der Waals surface area (Å²) >= 11 is -2.59. The minimum Gasteiger partial charge on any atom is -0.760 e. The number of rotatable bonds is 14. The van der Waals surface area contributed by atoms with E-state index in [1.165, 1.54) is 4.31 Å². The lowest BCUT2D eigenvalue weighted by molar-refractivity contribution is -0.155. The summed E-state index contributed by atoms with van der Waals surface area (Å²) in [5.41, 5.74) is 3.77. The monoisotopic (exact) mass is 622 g/mol. The summed E-state index contributed by atoms with van der Waals surface area (Å²) in [6, 6.07) is 9.45. The van der Waals surface area contributed by atoms with Gasteiger partial charge >= 0.3 is 13.8 Å². The highest BCUT2D eigenvalue weighted by atomic mass is 32.2. The Morgan fingerprint density at radius 1 is 1.29 bits per heavy atom. The van der Waals surface area contributed by atoms with Gasteiger partial charge in [-0.3, -0.25) is 13.8 Å². The Labute approximate surface area is 245 Å². The molecular formula is C27H33N3O10PS-. The zero-order chi connectivity index (χ0) is 30.6. The average molecular weight is 623 g/mol. The first-order valence-corrected chi connectivity index (χ1v) is 15.9. The molecule has 0 saturated heterocycles. The van der Waals surface area contributed by atoms with Gasteiger partial charge in [0.1, 0.15) is 5.76 Å². The fraction of sp³-hybridized carbons (Fsp3) is 0.444. The van der Waals surface area contributed by atoms with Crippen LogP contribution in [0, 0.1) is 12.8 Å². The number of ether oxygens (including phenoxy) is 1. The van der Waals surface area contributed by atoms with Crippen LogP contribution in [0.15, 0.2) is 34.7 Å². The minimum atomic E-state index is -4.76. The number of pyridine rings is 1. The van der Waals surface area contributed by atoms with E-state index in [9.17, 15) is 22.9 Å². The van der Waals surface area contributed by atoms with Crippen molar-refractivity contribution in [2.24, 2.45) is 5.92 Å². The van der Waals surface area contributed by atoms with Crippen LogP contribution >= 0.6 is 7.82 Å². The van der Waals surface area contributed by atoms with Crippen LogP contribution in [0.25, 0.3) is 22.4 Å². The van der Waals surface area contributed by atoms with Gasteiger partial charge in [-0.05, 0) is 50.2 Å². The lowest BCUT2D eigenvalue weighted by Gasteiger charge is -2.25. The quantitative estimate of drug-likeness (QED) is 0.103. The highest BCUT2D eigenvalue weighted by Crippen LogP contribution is 2.44. The lowest BCUT2D eigenvalue weighted by atomic mass is 10.0. The van der Waals surface area contributed by atoms with Gasteiger partial charge in [-0.25, -0.2) is 18.4 Å². The third-order valence-corrected chi connectivity index (χ3v) is 8.16. The Hall–Kier alpha value is -2.97. The second kappa shape index (κ2) is 13.6. The largest absolute Gasteiger partial charge is 0.760 e. The van der Waals surface area contributed by atoms with E-state index in [-0.39, 0.29) is 37.0 Å². The van der Waals surface area contributed by atoms with Crippen LogP contribution in [0.2, 0.25) is 0 Å². The standard InChI is InChI=1S/C27H34N3O10PS/c1-16-6-8-19(9-7-16)24-23(25(31)28-3)21-13-20(18-10-11-18)22(29-26(21)40-24)14-30(42(36)37)12-4-5-17(2)27(32)38-15-39-41(33,34)35/h6-9,13,17-18H,4-5,10-12,14-15H2,1-3H3,(H,28,31)(H,36,37)(H2,33,34,35)/p-1. The molecule has 2 aromatic heterocycles. The van der Waals surface area contributed by atoms with Crippen molar-refractivity contribution in [3.63, 3.8) is 0 Å². The summed E-state index contributed by atoms with van der Waals surface area (Å²) in [5.74, 6) is -1.12. The van der Waals surface area contributed by atoms with E-state index < -0.39 is 37.8 Å². The van der Waals surface area contributed by atoms with Gasteiger partial charge in [-0.15, -0.1) is 0 Å². The van der Waals surface area contributed by atoms with Gasteiger partial charge in [0, 0.05) is 30.4 Å². The Morgan fingerprint density at radius 3 is 2.57 bits per heavy atom. The van der Waals surface area contributed by atoms with Crippen molar-refractivity contribution in [2.75, 3.05) is 20.4 Å². The van der Waals surface area contributed by atoms with Gasteiger partial charge in [-0.2, -0.15) is 0 Å². The predicted molar refractivity (Wildman–Crippen MR) is 151 cm³/mol. The van der Waals surface area contributed by atoms with E-state index in [2.05, 4.69) is 9.84 Å². The molecule has 3 aromatic rings. The molecule has 0 radical (unpaired) electrons. The number of furan rings is 1. The Kier molecular flexibility index (Phi) is 10.3. The maximum absolute atomic E-state index is 13.0. The minimum absolute atomic E-state index is 0.0251. The fourth-order valence-electron chi connectivity index (χ4n) is 4.57. The van der Waals surface area contributed by atoms with Crippen molar-refractivity contribution in [1.82, 2.24) is 14.6 Å². The number of carbonyl (C=O) groups excluding carboxylic acids is 2. The fourth-order valence-corrected chi connectivity index (χ4v) is 5.26. The summed E-state index contributed by atoms with van der Waals surface area (Å²) in [6.45, 7) is 2.70. The molecule has 2 heterocycles. The Morgan fingerprint density at radius 2 is 1.98 bits per heavy atom. The molecule has 0 aliphatic heterocycles. The first kappa shape index (κ1) is 32.0. The molecule has 15 heteroatoms. The topological polar surface area (TPSA) is 192 Å². The number of nitrogens with zero attached hydrogens (tertiary/aromatic N) is 2. The molecule has 2 unspecified atom stereocenters. The molecule has 0 spiro atoms. The molecule has 1 fully saturated rings. The number of esters is 1. The first-order chi connectivity index (χ1) is 19.9. The Bertz CT molecular complexity index is 1520. The summed E-state index contributed by atoms with van der Waals surface area (Å²) in [5, 5.41) is 3.23. The van der Waals surface area contributed by atoms with Gasteiger partial charge < -0.3 is 28.8 Å². The van der Waals surface area contributed by atoms with Crippen molar-refractivity contribution in [3.05, 3.63) is 52.7 Å². The number of benzene rings is 1. The normalized spacial score (nSPS) is 15.1. The number of carbonyl (C=O) groups is 2. The van der Waals surface area contributed by atoms with Crippen LogP contribution in [0.5, 0.6) is 0 Å². The SMILES string of the molecule is CNC(=O)c1c(-c2ccc(C)cc2)oc2nc(CN(CCCC(C)C(=O)OCOP(=O)(O)O)S(=O)[O-])c(C3CC3)cc12. The van der Waals surface area contributed by atoms with Gasteiger partial charge in [0.25, 0.3) is 5.91 Å². The number of hydrogen-bond donors (Lipinski definition) is 3. The van der Waals surface area contributed by atoms with E-state index in [0.29, 0.717) is 28.8 Å². The van der Waals surface area contributed by atoms with Crippen molar-refractivity contribution in [2.45, 2.75) is 52.0 Å². The third kappa shape index (κ3) is 8.10. The van der Waals surface area contributed by atoms with Crippen LogP contribution in [-0.2, 0) is 36.4 Å². The van der Waals surface area contributed by atoms with Crippen molar-refractivity contribution in [3.8, 4) is 11.3 Å². The molecule has 3 N–H and O–H groups in total. The van der Waals surface area contributed by atoms with Crippen LogP contribution in [0.3, 0.4) is 0 Å². The molecule has 42 heavy (non-hydrogen) atoms. The molecule has 228 valence electrons. The molecule has 1 saturated carbocycles. The third-order valence-electron chi connectivity index (χ3n) is 6.99. The zero-order valence-corrected chi connectivity index (χ0v) is 25.1. The molecule has 1 aromatic carbocycles. The molecule has 1 amide bonds. The van der Waals surface area contributed by atoms with E-state index in [4.69, 9.17) is 23.9 Å². The number of aryl methyl sites for hydroxylation is 1. The number of aromatic nitrogens is 1. The number of nitrogens with one attached hydrogen (secondary N) is 1. The van der Waals surface area contributed by atoms with Crippen LogP contribution < -0.4 is 5.32 Å². The van der Waals surface area contributed by atoms with E-state index in [1.54, 1.807) is 14.0 Å². The van der Waals surface area contributed by atoms with E-state index in [0.717, 1.165) is 29.5 Å². The van der Waals surface area contributed by atoms with Crippen molar-refractivity contribution in [1.29, 1.82) is 0 Å².